The number of nitrogens with one attached hydrogen (secondary N) is 2. The van der Waals surface area contributed by atoms with Crippen LogP contribution in [0.1, 0.15) is 25.0 Å². The second-order valence-corrected chi connectivity index (χ2v) is 13.2. The lowest BCUT2D eigenvalue weighted by molar-refractivity contribution is -0.134. The second-order valence-electron chi connectivity index (χ2n) is 11.1. The standard InChI is InChI=1S/C32H40N4O7S/c1-21-6-13-28(14-7-21)44(40,41)35(4)19-30-22(2)18-36(23(3)20-37)31(38)17-24-16-26(10-15-29(24)43-30)34-32(39)33-25-8-11-27(42-5)12-9-25/h6-16,22-23,30,37H,17-20H2,1-5H3,(H2,33,34,39)/t22-,23-,30-/m0/s1. The average molecular weight is 625 g/mol. The molecule has 3 N–H and O–H groups in total. The molecular formula is C32H40N4O7S. The maximum Gasteiger partial charge on any atom is 0.323 e. The van der Waals surface area contributed by atoms with E-state index in [1.807, 2.05) is 13.8 Å². The van der Waals surface area contributed by atoms with Gasteiger partial charge in [-0.15, -0.1) is 0 Å². The van der Waals surface area contributed by atoms with E-state index in [1.54, 1.807) is 85.7 Å². The van der Waals surface area contributed by atoms with Crippen LogP contribution in [0.2, 0.25) is 0 Å². The molecule has 0 fully saturated rings. The molecule has 0 unspecified atom stereocenters. The Bertz CT molecular complexity index is 1560. The van der Waals surface area contributed by atoms with E-state index in [-0.39, 0.29) is 42.8 Å². The minimum Gasteiger partial charge on any atom is -0.497 e. The van der Waals surface area contributed by atoms with Gasteiger partial charge in [0.2, 0.25) is 15.9 Å². The van der Waals surface area contributed by atoms with Crippen molar-refractivity contribution in [3.63, 3.8) is 0 Å². The van der Waals surface area contributed by atoms with Crippen LogP contribution in [-0.4, -0.2) is 80.7 Å². The highest BCUT2D eigenvalue weighted by Crippen LogP contribution is 2.30. The van der Waals surface area contributed by atoms with Gasteiger partial charge in [0.15, 0.2) is 0 Å². The zero-order valence-electron chi connectivity index (χ0n) is 25.6. The molecule has 236 valence electrons. The number of hydrogen-bond acceptors (Lipinski definition) is 7. The maximum absolute atomic E-state index is 13.5. The summed E-state index contributed by atoms with van der Waals surface area (Å²) in [6.45, 7) is 5.59. The summed E-state index contributed by atoms with van der Waals surface area (Å²) in [6.07, 6.45) is -0.665. The number of urea groups is 1. The summed E-state index contributed by atoms with van der Waals surface area (Å²) in [4.78, 5) is 28.0. The van der Waals surface area contributed by atoms with Crippen molar-refractivity contribution in [2.75, 3.05) is 44.5 Å². The van der Waals surface area contributed by atoms with Crippen molar-refractivity contribution >= 4 is 33.3 Å². The highest BCUT2D eigenvalue weighted by Gasteiger charge is 2.33. The summed E-state index contributed by atoms with van der Waals surface area (Å²) < 4.78 is 39.6. The number of nitrogens with zero attached hydrogens (tertiary/aromatic N) is 2. The number of likely N-dealkylation sites (N-methyl/N-ethyl adjacent to an activating group) is 1. The third kappa shape index (κ3) is 7.87. The van der Waals surface area contributed by atoms with Gasteiger partial charge in [0.25, 0.3) is 0 Å². The van der Waals surface area contributed by atoms with Gasteiger partial charge >= 0.3 is 6.03 Å². The molecule has 0 bridgehead atoms. The molecule has 3 aromatic carbocycles. The summed E-state index contributed by atoms with van der Waals surface area (Å²) in [5, 5.41) is 15.4. The molecule has 11 nitrogen and oxygen atoms in total. The first-order chi connectivity index (χ1) is 20.9. The number of rotatable bonds is 9. The molecule has 0 saturated carbocycles. The van der Waals surface area contributed by atoms with Gasteiger partial charge in [0.1, 0.15) is 17.6 Å². The monoisotopic (exact) mass is 624 g/mol. The maximum atomic E-state index is 13.5. The Hall–Kier alpha value is -4.13. The van der Waals surface area contributed by atoms with E-state index in [9.17, 15) is 23.1 Å². The van der Waals surface area contributed by atoms with E-state index in [1.165, 1.54) is 11.4 Å². The number of methoxy groups -OCH3 is 1. The highest BCUT2D eigenvalue weighted by atomic mass is 32.2. The zero-order valence-corrected chi connectivity index (χ0v) is 26.4. The lowest BCUT2D eigenvalue weighted by atomic mass is 10.0. The van der Waals surface area contributed by atoms with E-state index in [2.05, 4.69) is 10.6 Å². The number of aryl methyl sites for hydroxylation is 1. The molecule has 4 rings (SSSR count). The first-order valence-corrected chi connectivity index (χ1v) is 15.8. The van der Waals surface area contributed by atoms with Crippen LogP contribution in [-0.2, 0) is 21.2 Å². The molecule has 0 aromatic heterocycles. The van der Waals surface area contributed by atoms with Gasteiger partial charge in [0.05, 0.1) is 37.6 Å². The number of benzene rings is 3. The molecule has 3 amide bonds. The van der Waals surface area contributed by atoms with Gasteiger partial charge in [-0.2, -0.15) is 4.31 Å². The van der Waals surface area contributed by atoms with Gasteiger partial charge in [-0.25, -0.2) is 13.2 Å². The van der Waals surface area contributed by atoms with Gasteiger partial charge < -0.3 is 30.1 Å². The number of amides is 3. The van der Waals surface area contributed by atoms with E-state index in [0.717, 1.165) is 5.56 Å². The van der Waals surface area contributed by atoms with E-state index in [4.69, 9.17) is 9.47 Å². The van der Waals surface area contributed by atoms with Crippen molar-refractivity contribution in [3.05, 3.63) is 77.9 Å². The Balaban J connectivity index is 1.60. The van der Waals surface area contributed by atoms with Crippen molar-refractivity contribution < 1.29 is 32.6 Å². The van der Waals surface area contributed by atoms with Gasteiger partial charge in [0, 0.05) is 36.4 Å². The molecule has 1 heterocycles. The second kappa shape index (κ2) is 14.1. The summed E-state index contributed by atoms with van der Waals surface area (Å²) in [6, 6.07) is 17.6. The van der Waals surface area contributed by atoms with Crippen molar-refractivity contribution in [2.24, 2.45) is 5.92 Å². The van der Waals surface area contributed by atoms with E-state index >= 15 is 0 Å². The molecular weight excluding hydrogens is 584 g/mol. The molecule has 0 spiro atoms. The molecule has 1 aliphatic heterocycles. The van der Waals surface area contributed by atoms with E-state index < -0.39 is 28.2 Å². The van der Waals surface area contributed by atoms with Crippen LogP contribution in [0.4, 0.5) is 16.2 Å². The van der Waals surface area contributed by atoms with Crippen molar-refractivity contribution in [1.29, 1.82) is 0 Å². The molecule has 44 heavy (non-hydrogen) atoms. The summed E-state index contributed by atoms with van der Waals surface area (Å²) in [5.41, 5.74) is 2.48. The fraction of sp³-hybridized carbons (Fsp3) is 0.375. The molecule has 0 aliphatic carbocycles. The fourth-order valence-electron chi connectivity index (χ4n) is 4.93. The van der Waals surface area contributed by atoms with Crippen molar-refractivity contribution in [1.82, 2.24) is 9.21 Å². The molecule has 0 radical (unpaired) electrons. The number of carbonyl (C=O) groups is 2. The number of aliphatic hydroxyl groups excluding tert-OH is 1. The smallest absolute Gasteiger partial charge is 0.323 e. The van der Waals surface area contributed by atoms with Gasteiger partial charge in [-0.1, -0.05) is 24.6 Å². The van der Waals surface area contributed by atoms with Crippen LogP contribution in [0.25, 0.3) is 0 Å². The molecule has 12 heteroatoms. The SMILES string of the molecule is COc1ccc(NC(=O)Nc2ccc3c(c2)CC(=O)N([C@@H](C)CO)C[C@H](C)[C@H](CN(C)S(=O)(=O)c2ccc(C)cc2)O3)cc1. The number of aliphatic hydroxyl groups is 1. The third-order valence-corrected chi connectivity index (χ3v) is 9.53. The first-order valence-electron chi connectivity index (χ1n) is 14.4. The third-order valence-electron chi connectivity index (χ3n) is 7.69. The Morgan fingerprint density at radius 2 is 1.73 bits per heavy atom. The van der Waals surface area contributed by atoms with Crippen LogP contribution >= 0.6 is 0 Å². The van der Waals surface area contributed by atoms with Crippen LogP contribution in [0.5, 0.6) is 11.5 Å². The number of sulfonamides is 1. The quantitative estimate of drug-likeness (QED) is 0.326. The van der Waals surface area contributed by atoms with Crippen LogP contribution < -0.4 is 20.1 Å². The average Bonchev–Trinajstić information content (AvgIpc) is 3.04. The largest absolute Gasteiger partial charge is 0.497 e. The Morgan fingerprint density at radius 3 is 2.36 bits per heavy atom. The number of carbonyl (C=O) groups excluding carboxylic acids is 2. The number of fused-ring (bicyclic) bond motifs is 1. The number of hydrogen-bond donors (Lipinski definition) is 3. The fourth-order valence-corrected chi connectivity index (χ4v) is 6.12. The highest BCUT2D eigenvalue weighted by molar-refractivity contribution is 7.89. The number of anilines is 2. The normalized spacial score (nSPS) is 17.9. The summed E-state index contributed by atoms with van der Waals surface area (Å²) in [7, 11) is -0.744. The Kier molecular flexibility index (Phi) is 10.5. The van der Waals surface area contributed by atoms with Gasteiger partial charge in [-0.3, -0.25) is 4.79 Å². The van der Waals surface area contributed by atoms with Gasteiger partial charge in [-0.05, 0) is 68.4 Å². The molecule has 0 saturated heterocycles. The van der Waals surface area contributed by atoms with Crippen LogP contribution in [0, 0.1) is 12.8 Å². The predicted molar refractivity (Wildman–Crippen MR) is 169 cm³/mol. The summed E-state index contributed by atoms with van der Waals surface area (Å²) in [5.74, 6) is 0.567. The van der Waals surface area contributed by atoms with Crippen LogP contribution in [0.3, 0.4) is 0 Å². The minimum atomic E-state index is -3.81. The Morgan fingerprint density at radius 1 is 1.09 bits per heavy atom. The lowest BCUT2D eigenvalue weighted by Gasteiger charge is -2.33. The number of ether oxygens (including phenoxy) is 2. The summed E-state index contributed by atoms with van der Waals surface area (Å²) >= 11 is 0. The zero-order chi connectivity index (χ0) is 32.0. The Labute approximate surface area is 258 Å². The topological polar surface area (TPSA) is 138 Å². The van der Waals surface area contributed by atoms with Crippen molar-refractivity contribution in [3.8, 4) is 11.5 Å². The van der Waals surface area contributed by atoms with Crippen molar-refractivity contribution in [2.45, 2.75) is 44.2 Å². The predicted octanol–water partition coefficient (Wildman–Crippen LogP) is 4.12. The first kappa shape index (κ1) is 32.8. The minimum absolute atomic E-state index is 0.0244. The lowest BCUT2D eigenvalue weighted by Crippen LogP contribution is -2.48. The molecule has 3 aromatic rings. The van der Waals surface area contributed by atoms with E-state index in [0.29, 0.717) is 28.4 Å². The molecule has 1 aliphatic rings. The van der Waals surface area contributed by atoms with Crippen LogP contribution in [0.15, 0.2) is 71.6 Å². The molecule has 3 atom stereocenters.